The molecule has 0 radical (unpaired) electrons. The van der Waals surface area contributed by atoms with E-state index in [2.05, 4.69) is 29.1 Å². The third-order valence-corrected chi connectivity index (χ3v) is 3.07. The highest BCUT2D eigenvalue weighted by atomic mass is 16.1. The number of nitrogens with zero attached hydrogens (tertiary/aromatic N) is 1. The molecule has 0 saturated heterocycles. The Labute approximate surface area is 124 Å². The molecule has 0 aliphatic rings. The van der Waals surface area contributed by atoms with Crippen LogP contribution in [0, 0.1) is 0 Å². The summed E-state index contributed by atoms with van der Waals surface area (Å²) in [5, 5.41) is 5.97. The number of hydrogen-bond donors (Lipinski definition) is 2. The first kappa shape index (κ1) is 14.8. The maximum atomic E-state index is 12.2. The predicted molar refractivity (Wildman–Crippen MR) is 86.7 cm³/mol. The Kier molecular flexibility index (Phi) is 5.10. The number of carbonyl (C=O) groups is 1. The maximum absolute atomic E-state index is 12.2. The van der Waals surface area contributed by atoms with Crippen LogP contribution in [-0.2, 0) is 6.42 Å². The van der Waals surface area contributed by atoms with Crippen LogP contribution in [0.25, 0.3) is 0 Å². The third-order valence-electron chi connectivity index (χ3n) is 3.07. The Bertz CT molecular complexity index is 620. The molecule has 0 saturated carbocycles. The lowest BCUT2D eigenvalue weighted by Crippen LogP contribution is -2.12. The fourth-order valence-corrected chi connectivity index (χ4v) is 1.88. The molecule has 0 unspecified atom stereocenters. The zero-order valence-electron chi connectivity index (χ0n) is 12.1. The molecule has 108 valence electrons. The summed E-state index contributed by atoms with van der Waals surface area (Å²) in [6.45, 7) is 6.37. The standard InChI is InChI=1S/C17H19N3O/c1-3-9-19-16-10-14(11-18-12-16)17(21)20-15-7-5-13(4-2)6-8-15/h3,5-8,10-12,19H,1,4,9H2,2H3,(H,20,21). The van der Waals surface area contributed by atoms with Gasteiger partial charge in [-0.25, -0.2) is 0 Å². The number of benzene rings is 1. The summed E-state index contributed by atoms with van der Waals surface area (Å²) in [4.78, 5) is 16.3. The molecule has 1 aromatic carbocycles. The van der Waals surface area contributed by atoms with Gasteiger partial charge in [0.2, 0.25) is 0 Å². The number of rotatable bonds is 6. The molecule has 2 N–H and O–H groups in total. The fraction of sp³-hybridized carbons (Fsp3) is 0.176. The maximum Gasteiger partial charge on any atom is 0.257 e. The number of aryl methyl sites for hydroxylation is 1. The van der Waals surface area contributed by atoms with E-state index >= 15 is 0 Å². The Morgan fingerprint density at radius 2 is 2.00 bits per heavy atom. The van der Waals surface area contributed by atoms with Crippen LogP contribution in [0.4, 0.5) is 11.4 Å². The highest BCUT2D eigenvalue weighted by Gasteiger charge is 2.07. The van der Waals surface area contributed by atoms with Crippen molar-refractivity contribution in [2.75, 3.05) is 17.2 Å². The van der Waals surface area contributed by atoms with Crippen LogP contribution in [0.15, 0.2) is 55.4 Å². The molecular formula is C17H19N3O. The van der Waals surface area contributed by atoms with E-state index in [1.165, 1.54) is 5.56 Å². The van der Waals surface area contributed by atoms with E-state index in [9.17, 15) is 4.79 Å². The molecule has 4 heteroatoms. The lowest BCUT2D eigenvalue weighted by atomic mass is 10.1. The number of hydrogen-bond acceptors (Lipinski definition) is 3. The molecule has 21 heavy (non-hydrogen) atoms. The van der Waals surface area contributed by atoms with E-state index in [0.29, 0.717) is 12.1 Å². The van der Waals surface area contributed by atoms with E-state index in [0.717, 1.165) is 17.8 Å². The number of aromatic nitrogens is 1. The fourth-order valence-electron chi connectivity index (χ4n) is 1.88. The summed E-state index contributed by atoms with van der Waals surface area (Å²) >= 11 is 0. The van der Waals surface area contributed by atoms with Crippen molar-refractivity contribution in [1.82, 2.24) is 4.98 Å². The van der Waals surface area contributed by atoms with Gasteiger partial charge in [0.1, 0.15) is 0 Å². The zero-order chi connectivity index (χ0) is 15.1. The molecule has 1 aromatic heterocycles. The minimum absolute atomic E-state index is 0.172. The van der Waals surface area contributed by atoms with Gasteiger partial charge in [-0.2, -0.15) is 0 Å². The Balaban J connectivity index is 2.06. The highest BCUT2D eigenvalue weighted by molar-refractivity contribution is 6.04. The molecule has 1 amide bonds. The number of amides is 1. The van der Waals surface area contributed by atoms with Crippen LogP contribution >= 0.6 is 0 Å². The number of nitrogens with one attached hydrogen (secondary N) is 2. The van der Waals surface area contributed by atoms with Crippen molar-refractivity contribution < 1.29 is 4.79 Å². The van der Waals surface area contributed by atoms with Crippen molar-refractivity contribution in [3.8, 4) is 0 Å². The van der Waals surface area contributed by atoms with Crippen LogP contribution in [-0.4, -0.2) is 17.4 Å². The first-order chi connectivity index (χ1) is 10.2. The molecule has 0 fully saturated rings. The van der Waals surface area contributed by atoms with Gasteiger partial charge in [-0.3, -0.25) is 9.78 Å². The largest absolute Gasteiger partial charge is 0.380 e. The molecule has 1 heterocycles. The van der Waals surface area contributed by atoms with Crippen LogP contribution in [0.5, 0.6) is 0 Å². The van der Waals surface area contributed by atoms with Gasteiger partial charge in [0.15, 0.2) is 0 Å². The lowest BCUT2D eigenvalue weighted by Gasteiger charge is -2.08. The average Bonchev–Trinajstić information content (AvgIpc) is 2.54. The summed E-state index contributed by atoms with van der Waals surface area (Å²) in [5.41, 5.74) is 3.33. The summed E-state index contributed by atoms with van der Waals surface area (Å²) in [6.07, 6.45) is 5.96. The van der Waals surface area contributed by atoms with Crippen LogP contribution < -0.4 is 10.6 Å². The second-order valence-corrected chi connectivity index (χ2v) is 4.64. The van der Waals surface area contributed by atoms with E-state index in [-0.39, 0.29) is 5.91 Å². The second-order valence-electron chi connectivity index (χ2n) is 4.64. The average molecular weight is 281 g/mol. The third kappa shape index (κ3) is 4.18. The topological polar surface area (TPSA) is 54.0 Å². The Morgan fingerprint density at radius 1 is 1.24 bits per heavy atom. The smallest absolute Gasteiger partial charge is 0.257 e. The first-order valence-electron chi connectivity index (χ1n) is 6.93. The van der Waals surface area contributed by atoms with Gasteiger partial charge in [-0.05, 0) is 30.2 Å². The minimum Gasteiger partial charge on any atom is -0.380 e. The highest BCUT2D eigenvalue weighted by Crippen LogP contribution is 2.13. The summed E-state index contributed by atoms with van der Waals surface area (Å²) in [7, 11) is 0. The first-order valence-corrected chi connectivity index (χ1v) is 6.93. The van der Waals surface area contributed by atoms with Crippen molar-refractivity contribution in [3.63, 3.8) is 0 Å². The van der Waals surface area contributed by atoms with E-state index < -0.39 is 0 Å². The van der Waals surface area contributed by atoms with Gasteiger partial charge in [-0.1, -0.05) is 25.1 Å². The minimum atomic E-state index is -0.172. The predicted octanol–water partition coefficient (Wildman–Crippen LogP) is 3.49. The number of carbonyl (C=O) groups excluding carboxylic acids is 1. The van der Waals surface area contributed by atoms with Crippen LogP contribution in [0.2, 0.25) is 0 Å². The van der Waals surface area contributed by atoms with E-state index in [1.807, 2.05) is 24.3 Å². The molecule has 0 aliphatic heterocycles. The molecule has 4 nitrogen and oxygen atoms in total. The van der Waals surface area contributed by atoms with Crippen molar-refractivity contribution in [2.45, 2.75) is 13.3 Å². The Hall–Kier alpha value is -2.62. The molecule has 0 aliphatic carbocycles. The van der Waals surface area contributed by atoms with Crippen molar-refractivity contribution >= 4 is 17.3 Å². The summed E-state index contributed by atoms with van der Waals surface area (Å²) in [6, 6.07) is 9.60. The number of anilines is 2. The molecule has 0 bridgehead atoms. The molecular weight excluding hydrogens is 262 g/mol. The SMILES string of the molecule is C=CCNc1cncc(C(=O)Nc2ccc(CC)cc2)c1. The van der Waals surface area contributed by atoms with Gasteiger partial charge in [0.05, 0.1) is 11.3 Å². The molecule has 0 spiro atoms. The van der Waals surface area contributed by atoms with Gasteiger partial charge >= 0.3 is 0 Å². The second kappa shape index (κ2) is 7.24. The molecule has 2 rings (SSSR count). The summed E-state index contributed by atoms with van der Waals surface area (Å²) < 4.78 is 0. The van der Waals surface area contributed by atoms with Crippen molar-refractivity contribution in [3.05, 3.63) is 66.5 Å². The lowest BCUT2D eigenvalue weighted by molar-refractivity contribution is 0.102. The quantitative estimate of drug-likeness (QED) is 0.797. The van der Waals surface area contributed by atoms with Gasteiger partial charge in [-0.15, -0.1) is 6.58 Å². The van der Waals surface area contributed by atoms with Gasteiger partial charge in [0, 0.05) is 24.6 Å². The molecule has 0 atom stereocenters. The monoisotopic (exact) mass is 281 g/mol. The van der Waals surface area contributed by atoms with Crippen LogP contribution in [0.1, 0.15) is 22.8 Å². The van der Waals surface area contributed by atoms with Crippen molar-refractivity contribution in [1.29, 1.82) is 0 Å². The van der Waals surface area contributed by atoms with E-state index in [4.69, 9.17) is 0 Å². The van der Waals surface area contributed by atoms with Gasteiger partial charge in [0.25, 0.3) is 5.91 Å². The van der Waals surface area contributed by atoms with Crippen LogP contribution in [0.3, 0.4) is 0 Å². The van der Waals surface area contributed by atoms with Gasteiger partial charge < -0.3 is 10.6 Å². The number of pyridine rings is 1. The van der Waals surface area contributed by atoms with Crippen molar-refractivity contribution in [2.24, 2.45) is 0 Å². The normalized spacial score (nSPS) is 9.95. The van der Waals surface area contributed by atoms with E-state index in [1.54, 1.807) is 24.5 Å². The molecule has 2 aromatic rings. The summed E-state index contributed by atoms with van der Waals surface area (Å²) in [5.74, 6) is -0.172. The zero-order valence-corrected chi connectivity index (χ0v) is 12.1. The Morgan fingerprint density at radius 3 is 2.67 bits per heavy atom.